The molecule has 4 heteroatoms. The fraction of sp³-hybridized carbons (Fsp3) is 0.667. The summed E-state index contributed by atoms with van der Waals surface area (Å²) < 4.78 is 14.1. The zero-order valence-electron chi connectivity index (χ0n) is 15.8. The maximum atomic E-state index is 14.1. The van der Waals surface area contributed by atoms with Gasteiger partial charge in [0, 0.05) is 36.5 Å². The van der Waals surface area contributed by atoms with Crippen LogP contribution < -0.4 is 5.32 Å². The van der Waals surface area contributed by atoms with Crippen LogP contribution in [0.4, 0.5) is 4.39 Å². The van der Waals surface area contributed by atoms with Crippen molar-refractivity contribution >= 4 is 5.91 Å². The van der Waals surface area contributed by atoms with Crippen molar-refractivity contribution in [1.29, 1.82) is 0 Å². The van der Waals surface area contributed by atoms with E-state index in [0.717, 1.165) is 19.1 Å². The van der Waals surface area contributed by atoms with E-state index in [9.17, 15) is 9.18 Å². The Balaban J connectivity index is 1.53. The van der Waals surface area contributed by atoms with E-state index < -0.39 is 5.54 Å². The Kier molecular flexibility index (Phi) is 5.19. The van der Waals surface area contributed by atoms with E-state index in [4.69, 9.17) is 0 Å². The molecule has 1 aliphatic heterocycles. The molecule has 0 atom stereocenters. The van der Waals surface area contributed by atoms with Crippen molar-refractivity contribution in [3.63, 3.8) is 0 Å². The number of nitrogens with one attached hydrogen (secondary N) is 1. The number of carbonyl (C=O) groups excluding carboxylic acids is 1. The molecule has 1 heterocycles. The fourth-order valence-corrected chi connectivity index (χ4v) is 4.57. The Labute approximate surface area is 151 Å². The van der Waals surface area contributed by atoms with Crippen LogP contribution in [0.3, 0.4) is 0 Å². The predicted octanol–water partition coefficient (Wildman–Crippen LogP) is 4.22. The normalized spacial score (nSPS) is 21.6. The predicted molar refractivity (Wildman–Crippen MR) is 98.7 cm³/mol. The number of rotatable bonds is 5. The van der Waals surface area contributed by atoms with Crippen LogP contribution in [-0.2, 0) is 10.3 Å². The number of benzene rings is 1. The lowest BCUT2D eigenvalue weighted by atomic mass is 9.76. The minimum Gasteiger partial charge on any atom is -0.347 e. The molecule has 1 saturated carbocycles. The first-order valence-corrected chi connectivity index (χ1v) is 9.59. The zero-order chi connectivity index (χ0) is 18.1. The van der Waals surface area contributed by atoms with Crippen LogP contribution in [-0.4, -0.2) is 29.9 Å². The van der Waals surface area contributed by atoms with E-state index in [1.807, 2.05) is 19.9 Å². The van der Waals surface area contributed by atoms with Crippen LogP contribution in [0.25, 0.3) is 0 Å². The Morgan fingerprint density at radius 1 is 1.24 bits per heavy atom. The quantitative estimate of drug-likeness (QED) is 0.866. The first kappa shape index (κ1) is 18.4. The van der Waals surface area contributed by atoms with Gasteiger partial charge in [-0.3, -0.25) is 9.69 Å². The molecular formula is C21H31FN2O. The van der Waals surface area contributed by atoms with Crippen LogP contribution in [0.1, 0.15) is 64.9 Å². The number of likely N-dealkylation sites (tertiary alicyclic amines) is 1. The van der Waals surface area contributed by atoms with Gasteiger partial charge in [-0.1, -0.05) is 44.4 Å². The summed E-state index contributed by atoms with van der Waals surface area (Å²) in [7, 11) is 0. The highest BCUT2D eigenvalue weighted by molar-refractivity contribution is 5.78. The highest BCUT2D eigenvalue weighted by Crippen LogP contribution is 2.38. The summed E-state index contributed by atoms with van der Waals surface area (Å²) in [5, 5.41) is 3.03. The van der Waals surface area contributed by atoms with Gasteiger partial charge in [0.05, 0.1) is 5.54 Å². The molecule has 1 saturated heterocycles. The van der Waals surface area contributed by atoms with Crippen molar-refractivity contribution in [3.05, 3.63) is 35.6 Å². The summed E-state index contributed by atoms with van der Waals surface area (Å²) in [5.74, 6) is -0.259. The second-order valence-electron chi connectivity index (χ2n) is 8.84. The molecule has 2 aliphatic rings. The van der Waals surface area contributed by atoms with Crippen molar-refractivity contribution in [1.82, 2.24) is 10.2 Å². The molecule has 138 valence electrons. The minimum atomic E-state index is -0.703. The summed E-state index contributed by atoms with van der Waals surface area (Å²) >= 11 is 0. The maximum Gasteiger partial charge on any atom is 0.221 e. The molecule has 1 aliphatic carbocycles. The highest BCUT2D eigenvalue weighted by Gasteiger charge is 2.43. The van der Waals surface area contributed by atoms with E-state index in [-0.39, 0.29) is 17.1 Å². The lowest BCUT2D eigenvalue weighted by Crippen LogP contribution is -2.60. The molecule has 1 aromatic carbocycles. The lowest BCUT2D eigenvalue weighted by molar-refractivity contribution is -0.129. The molecule has 1 aromatic rings. The molecule has 1 N–H and O–H groups in total. The fourth-order valence-electron chi connectivity index (χ4n) is 4.57. The van der Waals surface area contributed by atoms with Gasteiger partial charge in [0.25, 0.3) is 0 Å². The number of carbonyl (C=O) groups is 1. The molecule has 25 heavy (non-hydrogen) atoms. The van der Waals surface area contributed by atoms with Gasteiger partial charge in [0.15, 0.2) is 0 Å². The lowest BCUT2D eigenvalue weighted by Gasteiger charge is -2.52. The first-order valence-electron chi connectivity index (χ1n) is 9.59. The van der Waals surface area contributed by atoms with Crippen molar-refractivity contribution in [2.75, 3.05) is 13.1 Å². The molecule has 2 fully saturated rings. The van der Waals surface area contributed by atoms with Crippen molar-refractivity contribution in [2.24, 2.45) is 5.41 Å². The topological polar surface area (TPSA) is 32.3 Å². The van der Waals surface area contributed by atoms with Gasteiger partial charge in [0.2, 0.25) is 5.91 Å². The largest absolute Gasteiger partial charge is 0.347 e. The van der Waals surface area contributed by atoms with Gasteiger partial charge in [-0.15, -0.1) is 0 Å². The van der Waals surface area contributed by atoms with Crippen molar-refractivity contribution in [3.8, 4) is 0 Å². The van der Waals surface area contributed by atoms with E-state index in [1.54, 1.807) is 12.1 Å². The van der Waals surface area contributed by atoms with Gasteiger partial charge in [-0.05, 0) is 32.8 Å². The first-order chi connectivity index (χ1) is 11.8. The standard InChI is InChI=1S/C21H31FN2O/c1-20(2,17-11-7-8-12-18(17)22)23-19(25)13-21(3)14-24(15-21)16-9-5-4-6-10-16/h7-8,11-12,16H,4-6,9-10,13-15H2,1-3H3,(H,23,25). The van der Waals surface area contributed by atoms with Crippen LogP contribution in [0.15, 0.2) is 24.3 Å². The van der Waals surface area contributed by atoms with Gasteiger partial charge in [-0.25, -0.2) is 4.39 Å². The summed E-state index contributed by atoms with van der Waals surface area (Å²) in [6.07, 6.45) is 7.18. The number of amides is 1. The molecule has 1 amide bonds. The minimum absolute atomic E-state index is 0.0130. The Hall–Kier alpha value is -1.42. The Morgan fingerprint density at radius 2 is 1.88 bits per heavy atom. The molecule has 0 unspecified atom stereocenters. The van der Waals surface area contributed by atoms with Gasteiger partial charge in [0.1, 0.15) is 5.82 Å². The van der Waals surface area contributed by atoms with Crippen molar-refractivity contribution < 1.29 is 9.18 Å². The van der Waals surface area contributed by atoms with E-state index >= 15 is 0 Å². The Bertz CT molecular complexity index is 616. The van der Waals surface area contributed by atoms with Gasteiger partial charge < -0.3 is 5.32 Å². The number of halogens is 1. The third-order valence-corrected chi connectivity index (χ3v) is 5.85. The molecular weight excluding hydrogens is 315 g/mol. The molecule has 0 aromatic heterocycles. The maximum absolute atomic E-state index is 14.1. The average Bonchev–Trinajstić information content (AvgIpc) is 2.53. The van der Waals surface area contributed by atoms with Crippen LogP contribution in [0.5, 0.6) is 0 Å². The molecule has 0 radical (unpaired) electrons. The van der Waals surface area contributed by atoms with Gasteiger partial charge in [-0.2, -0.15) is 0 Å². The summed E-state index contributed by atoms with van der Waals surface area (Å²) in [6, 6.07) is 7.39. The van der Waals surface area contributed by atoms with Gasteiger partial charge >= 0.3 is 0 Å². The second kappa shape index (κ2) is 7.06. The monoisotopic (exact) mass is 346 g/mol. The number of hydrogen-bond acceptors (Lipinski definition) is 2. The summed E-state index contributed by atoms with van der Waals surface area (Å²) in [5.41, 5.74) is -0.121. The number of nitrogens with zero attached hydrogens (tertiary/aromatic N) is 1. The molecule has 3 nitrogen and oxygen atoms in total. The Morgan fingerprint density at radius 3 is 2.52 bits per heavy atom. The average molecular weight is 346 g/mol. The highest BCUT2D eigenvalue weighted by atomic mass is 19.1. The summed E-state index contributed by atoms with van der Waals surface area (Å²) in [6.45, 7) is 7.93. The SMILES string of the molecule is CC1(CC(=O)NC(C)(C)c2ccccc2F)CN(C2CCCCC2)C1. The number of hydrogen-bond donors (Lipinski definition) is 1. The molecule has 0 bridgehead atoms. The van der Waals surface area contributed by atoms with E-state index in [0.29, 0.717) is 12.0 Å². The van der Waals surface area contributed by atoms with Crippen molar-refractivity contribution in [2.45, 2.75) is 70.9 Å². The zero-order valence-corrected chi connectivity index (χ0v) is 15.8. The smallest absolute Gasteiger partial charge is 0.221 e. The summed E-state index contributed by atoms with van der Waals surface area (Å²) in [4.78, 5) is 15.1. The van der Waals surface area contributed by atoms with E-state index in [2.05, 4.69) is 17.1 Å². The molecule has 3 rings (SSSR count). The third-order valence-electron chi connectivity index (χ3n) is 5.85. The van der Waals surface area contributed by atoms with Crippen LogP contribution in [0, 0.1) is 11.2 Å². The second-order valence-corrected chi connectivity index (χ2v) is 8.84. The van der Waals surface area contributed by atoms with Crippen LogP contribution >= 0.6 is 0 Å². The van der Waals surface area contributed by atoms with E-state index in [1.165, 1.54) is 38.2 Å². The third kappa shape index (κ3) is 4.22. The molecule has 0 spiro atoms. The van der Waals surface area contributed by atoms with Crippen LogP contribution in [0.2, 0.25) is 0 Å².